The molecule has 1 heterocycles. The first-order valence-corrected chi connectivity index (χ1v) is 6.82. The van der Waals surface area contributed by atoms with Crippen LogP contribution in [0.5, 0.6) is 0 Å². The van der Waals surface area contributed by atoms with Gasteiger partial charge in [0.1, 0.15) is 5.82 Å². The van der Waals surface area contributed by atoms with Gasteiger partial charge in [-0.2, -0.15) is 5.26 Å². The van der Waals surface area contributed by atoms with Gasteiger partial charge in [-0.05, 0) is 18.3 Å². The van der Waals surface area contributed by atoms with Crippen molar-refractivity contribution < 1.29 is 4.79 Å². The summed E-state index contributed by atoms with van der Waals surface area (Å²) < 4.78 is 0. The van der Waals surface area contributed by atoms with Gasteiger partial charge in [-0.3, -0.25) is 4.79 Å². The number of carbonyl (C=O) groups is 1. The highest BCUT2D eigenvalue weighted by atomic mass is 16.1. The lowest BCUT2D eigenvalue weighted by atomic mass is 9.70. The Kier molecular flexibility index (Phi) is 3.40. The number of nitrogens with zero attached hydrogens (tertiary/aromatic N) is 1. The molecule has 1 aliphatic carbocycles. The van der Waals surface area contributed by atoms with Crippen LogP contribution in [-0.2, 0) is 4.79 Å². The first-order valence-electron chi connectivity index (χ1n) is 6.82. The van der Waals surface area contributed by atoms with Gasteiger partial charge in [0, 0.05) is 23.6 Å². The molecule has 2 aliphatic rings. The van der Waals surface area contributed by atoms with Gasteiger partial charge in [0.2, 0.25) is 0 Å². The van der Waals surface area contributed by atoms with Gasteiger partial charge in [-0.25, -0.2) is 0 Å². The van der Waals surface area contributed by atoms with Crippen molar-refractivity contribution >= 4 is 5.78 Å². The Hall–Kier alpha value is -1.76. The first-order chi connectivity index (χ1) is 8.89. The zero-order valence-corrected chi connectivity index (χ0v) is 11.8. The van der Waals surface area contributed by atoms with Crippen LogP contribution in [0.25, 0.3) is 0 Å². The van der Waals surface area contributed by atoms with Crippen molar-refractivity contribution in [3.8, 4) is 6.07 Å². The maximum atomic E-state index is 12.4. The van der Waals surface area contributed by atoms with Crippen LogP contribution in [0.2, 0.25) is 0 Å². The Morgan fingerprint density at radius 3 is 2.74 bits per heavy atom. The number of allylic oxidation sites excluding steroid dienone is 3. The van der Waals surface area contributed by atoms with Crippen LogP contribution in [0, 0.1) is 22.7 Å². The van der Waals surface area contributed by atoms with E-state index in [9.17, 15) is 10.1 Å². The molecular weight excluding hydrogens is 238 g/mol. The number of hydrogen-bond donors (Lipinski definition) is 2. The molecule has 19 heavy (non-hydrogen) atoms. The molecule has 0 fully saturated rings. The SMILES string of the molecule is CCCC1C(C#N)=C(N)NC2=C1C(=O)CC(C)(C)C2. The van der Waals surface area contributed by atoms with Gasteiger partial charge in [0.25, 0.3) is 0 Å². The Balaban J connectivity index is 2.47. The van der Waals surface area contributed by atoms with Gasteiger partial charge >= 0.3 is 0 Å². The molecule has 0 saturated carbocycles. The second-order valence-corrected chi connectivity index (χ2v) is 6.24. The van der Waals surface area contributed by atoms with Crippen LogP contribution < -0.4 is 11.1 Å². The molecule has 2 rings (SSSR count). The molecule has 4 heteroatoms. The number of nitrogens with two attached hydrogens (primary N) is 1. The van der Waals surface area contributed by atoms with E-state index >= 15 is 0 Å². The zero-order chi connectivity index (χ0) is 14.2. The third kappa shape index (κ3) is 2.37. The third-order valence-electron chi connectivity index (χ3n) is 3.89. The average molecular weight is 259 g/mol. The molecule has 0 saturated heterocycles. The Bertz CT molecular complexity index is 520. The molecule has 0 aromatic carbocycles. The molecule has 0 spiro atoms. The van der Waals surface area contributed by atoms with E-state index in [1.807, 2.05) is 0 Å². The molecule has 0 aromatic heterocycles. The summed E-state index contributed by atoms with van der Waals surface area (Å²) >= 11 is 0. The minimum Gasteiger partial charge on any atom is -0.384 e. The molecule has 0 radical (unpaired) electrons. The van der Waals surface area contributed by atoms with E-state index < -0.39 is 0 Å². The van der Waals surface area contributed by atoms with Crippen LogP contribution in [0.3, 0.4) is 0 Å². The summed E-state index contributed by atoms with van der Waals surface area (Å²) in [5.74, 6) is 0.470. The number of rotatable bonds is 2. The highest BCUT2D eigenvalue weighted by Crippen LogP contribution is 2.43. The van der Waals surface area contributed by atoms with Crippen molar-refractivity contribution in [3.05, 3.63) is 22.7 Å². The third-order valence-corrected chi connectivity index (χ3v) is 3.89. The lowest BCUT2D eigenvalue weighted by Crippen LogP contribution is -2.39. The van der Waals surface area contributed by atoms with E-state index in [0.717, 1.165) is 30.5 Å². The zero-order valence-electron chi connectivity index (χ0n) is 11.8. The summed E-state index contributed by atoms with van der Waals surface area (Å²) in [4.78, 5) is 12.4. The number of carbonyl (C=O) groups excluding carboxylic acids is 1. The summed E-state index contributed by atoms with van der Waals surface area (Å²) in [5, 5.41) is 12.4. The monoisotopic (exact) mass is 259 g/mol. The van der Waals surface area contributed by atoms with Crippen LogP contribution in [0.4, 0.5) is 0 Å². The Morgan fingerprint density at radius 2 is 2.16 bits per heavy atom. The second-order valence-electron chi connectivity index (χ2n) is 6.24. The number of nitrogens with one attached hydrogen (secondary N) is 1. The summed E-state index contributed by atoms with van der Waals surface area (Å²) in [6, 6.07) is 2.17. The molecule has 0 aromatic rings. The molecule has 3 N–H and O–H groups in total. The first kappa shape index (κ1) is 13.7. The fourth-order valence-electron chi connectivity index (χ4n) is 3.13. The Labute approximate surface area is 114 Å². The standard InChI is InChI=1S/C15H21N3O/c1-4-5-9-10(8-16)14(17)18-11-6-15(2,3)7-12(19)13(9)11/h9,18H,4-7,17H2,1-3H3. The smallest absolute Gasteiger partial charge is 0.161 e. The summed E-state index contributed by atoms with van der Waals surface area (Å²) in [7, 11) is 0. The topological polar surface area (TPSA) is 78.9 Å². The van der Waals surface area contributed by atoms with Crippen LogP contribution in [0.1, 0.15) is 46.5 Å². The molecule has 0 amide bonds. The minimum absolute atomic E-state index is 0.0376. The quantitative estimate of drug-likeness (QED) is 0.797. The lowest BCUT2D eigenvalue weighted by molar-refractivity contribution is -0.118. The predicted molar refractivity (Wildman–Crippen MR) is 73.4 cm³/mol. The number of hydrogen-bond acceptors (Lipinski definition) is 4. The maximum Gasteiger partial charge on any atom is 0.161 e. The van der Waals surface area contributed by atoms with E-state index in [1.54, 1.807) is 0 Å². The van der Waals surface area contributed by atoms with Crippen molar-refractivity contribution in [2.45, 2.75) is 46.5 Å². The number of Topliss-reactive ketones (excluding diaryl/α,β-unsaturated/α-hetero) is 1. The van der Waals surface area contributed by atoms with Crippen molar-refractivity contribution in [2.75, 3.05) is 0 Å². The second kappa shape index (κ2) is 4.73. The van der Waals surface area contributed by atoms with Crippen molar-refractivity contribution in [2.24, 2.45) is 17.1 Å². The van der Waals surface area contributed by atoms with Gasteiger partial charge in [0.05, 0.1) is 11.6 Å². The molecule has 1 aliphatic heterocycles. The summed E-state index contributed by atoms with van der Waals surface area (Å²) in [5.41, 5.74) is 8.16. The van der Waals surface area contributed by atoms with Gasteiger partial charge in [-0.1, -0.05) is 27.2 Å². The molecule has 102 valence electrons. The maximum absolute atomic E-state index is 12.4. The molecule has 0 bridgehead atoms. The van der Waals surface area contributed by atoms with Gasteiger partial charge in [0.15, 0.2) is 5.78 Å². The normalized spacial score (nSPS) is 25.8. The molecule has 1 unspecified atom stereocenters. The predicted octanol–water partition coefficient (Wildman–Crippen LogP) is 2.34. The fraction of sp³-hybridized carbons (Fsp3) is 0.600. The van der Waals surface area contributed by atoms with E-state index in [4.69, 9.17) is 5.73 Å². The highest BCUT2D eigenvalue weighted by Gasteiger charge is 2.40. The minimum atomic E-state index is -0.116. The number of ketones is 1. The fourth-order valence-corrected chi connectivity index (χ4v) is 3.13. The van der Waals surface area contributed by atoms with Gasteiger partial charge < -0.3 is 11.1 Å². The number of dihydropyridines is 1. The summed E-state index contributed by atoms with van der Waals surface area (Å²) in [6.45, 7) is 6.24. The summed E-state index contributed by atoms with van der Waals surface area (Å²) in [6.07, 6.45) is 3.09. The van der Waals surface area contributed by atoms with Crippen LogP contribution in [0.15, 0.2) is 22.7 Å². The number of nitriles is 1. The average Bonchev–Trinajstić information content (AvgIpc) is 2.26. The Morgan fingerprint density at radius 1 is 1.47 bits per heavy atom. The van der Waals surface area contributed by atoms with E-state index in [1.165, 1.54) is 0 Å². The van der Waals surface area contributed by atoms with E-state index in [0.29, 0.717) is 17.8 Å². The van der Waals surface area contributed by atoms with Gasteiger partial charge in [-0.15, -0.1) is 0 Å². The van der Waals surface area contributed by atoms with E-state index in [-0.39, 0.29) is 17.1 Å². The van der Waals surface area contributed by atoms with E-state index in [2.05, 4.69) is 32.2 Å². The van der Waals surface area contributed by atoms with Crippen molar-refractivity contribution in [3.63, 3.8) is 0 Å². The van der Waals surface area contributed by atoms with Crippen LogP contribution in [-0.4, -0.2) is 5.78 Å². The largest absolute Gasteiger partial charge is 0.384 e. The lowest BCUT2D eigenvalue weighted by Gasteiger charge is -2.38. The van der Waals surface area contributed by atoms with Crippen molar-refractivity contribution in [1.29, 1.82) is 5.26 Å². The van der Waals surface area contributed by atoms with Crippen LogP contribution >= 0.6 is 0 Å². The highest BCUT2D eigenvalue weighted by molar-refractivity contribution is 5.99. The van der Waals surface area contributed by atoms with Crippen molar-refractivity contribution in [1.82, 2.24) is 5.32 Å². The molecule has 4 nitrogen and oxygen atoms in total. The molecular formula is C15H21N3O. The molecule has 1 atom stereocenters.